The Morgan fingerprint density at radius 1 is 1.45 bits per heavy atom. The minimum absolute atomic E-state index is 0.142. The van der Waals surface area contributed by atoms with E-state index in [4.69, 9.17) is 17.0 Å². The highest BCUT2D eigenvalue weighted by Gasteiger charge is 2.13. The first-order chi connectivity index (χ1) is 9.75. The van der Waals surface area contributed by atoms with Crippen molar-refractivity contribution < 1.29 is 14.4 Å². The molecular formula is C13H20N3O2S2+. The van der Waals surface area contributed by atoms with Gasteiger partial charge in [0.1, 0.15) is 13.1 Å². The normalized spacial score (nSPS) is 15.8. The lowest BCUT2D eigenvalue weighted by Crippen LogP contribution is -3.14. The fraction of sp³-hybridized carbons (Fsp3) is 0.538. The molecule has 2 heterocycles. The summed E-state index contributed by atoms with van der Waals surface area (Å²) in [6.45, 7) is 5.78. The molecule has 1 aromatic heterocycles. The van der Waals surface area contributed by atoms with Gasteiger partial charge in [-0.3, -0.25) is 10.1 Å². The minimum atomic E-state index is -0.142. The van der Waals surface area contributed by atoms with E-state index < -0.39 is 0 Å². The highest BCUT2D eigenvalue weighted by atomic mass is 32.1. The summed E-state index contributed by atoms with van der Waals surface area (Å²) in [5.74, 6) is -0.142. The molecule has 3 N–H and O–H groups in total. The van der Waals surface area contributed by atoms with E-state index in [2.05, 4.69) is 10.6 Å². The third kappa shape index (κ3) is 5.16. The second-order valence-electron chi connectivity index (χ2n) is 4.65. The number of ether oxygens (including phenoxy) is 1. The van der Waals surface area contributed by atoms with Gasteiger partial charge in [0.05, 0.1) is 24.6 Å². The Hall–Kier alpha value is -1.02. The SMILES string of the molecule is O=C(NC(=S)NCCC[NH+]1CCOCC1)c1cccs1. The highest BCUT2D eigenvalue weighted by Crippen LogP contribution is 2.07. The average Bonchev–Trinajstić information content (AvgIpc) is 2.99. The third-order valence-corrected chi connectivity index (χ3v) is 4.28. The van der Waals surface area contributed by atoms with Gasteiger partial charge in [-0.1, -0.05) is 6.07 Å². The van der Waals surface area contributed by atoms with E-state index >= 15 is 0 Å². The molecule has 110 valence electrons. The van der Waals surface area contributed by atoms with Crippen molar-refractivity contribution in [2.45, 2.75) is 6.42 Å². The van der Waals surface area contributed by atoms with Gasteiger partial charge in [0.15, 0.2) is 5.11 Å². The van der Waals surface area contributed by atoms with E-state index in [-0.39, 0.29) is 5.91 Å². The minimum Gasteiger partial charge on any atom is -0.370 e. The van der Waals surface area contributed by atoms with Crippen LogP contribution in [0.2, 0.25) is 0 Å². The van der Waals surface area contributed by atoms with Crippen molar-refractivity contribution in [3.05, 3.63) is 22.4 Å². The summed E-state index contributed by atoms with van der Waals surface area (Å²) in [5.41, 5.74) is 0. The van der Waals surface area contributed by atoms with Crippen LogP contribution < -0.4 is 15.5 Å². The zero-order valence-electron chi connectivity index (χ0n) is 11.3. The molecule has 1 fully saturated rings. The Bertz CT molecular complexity index is 431. The molecule has 5 nitrogen and oxygen atoms in total. The molecule has 0 aromatic carbocycles. The van der Waals surface area contributed by atoms with Crippen LogP contribution in [0.4, 0.5) is 0 Å². The van der Waals surface area contributed by atoms with Crippen molar-refractivity contribution in [2.75, 3.05) is 39.4 Å². The van der Waals surface area contributed by atoms with Crippen LogP contribution in [0.5, 0.6) is 0 Å². The Morgan fingerprint density at radius 3 is 2.95 bits per heavy atom. The second-order valence-corrected chi connectivity index (χ2v) is 6.01. The van der Waals surface area contributed by atoms with E-state index in [1.54, 1.807) is 11.0 Å². The van der Waals surface area contributed by atoms with Crippen LogP contribution in [-0.4, -0.2) is 50.4 Å². The molecule has 0 unspecified atom stereocenters. The molecule has 0 aliphatic carbocycles. The molecule has 1 aromatic rings. The Kier molecular flexibility index (Phi) is 6.38. The maximum atomic E-state index is 11.8. The summed E-state index contributed by atoms with van der Waals surface area (Å²) in [4.78, 5) is 14.0. The van der Waals surface area contributed by atoms with E-state index in [1.807, 2.05) is 11.4 Å². The van der Waals surface area contributed by atoms with Crippen LogP contribution in [-0.2, 0) is 4.74 Å². The molecule has 0 saturated carbocycles. The van der Waals surface area contributed by atoms with Gasteiger partial charge in [-0.15, -0.1) is 11.3 Å². The summed E-state index contributed by atoms with van der Waals surface area (Å²) in [6, 6.07) is 3.63. The first-order valence-corrected chi connectivity index (χ1v) is 8.08. The summed E-state index contributed by atoms with van der Waals surface area (Å²) in [6.07, 6.45) is 1.03. The lowest BCUT2D eigenvalue weighted by Gasteiger charge is -2.23. The monoisotopic (exact) mass is 314 g/mol. The molecule has 1 aliphatic rings. The fourth-order valence-corrected chi connectivity index (χ4v) is 2.88. The summed E-state index contributed by atoms with van der Waals surface area (Å²) in [5, 5.41) is 8.04. The number of hydrogen-bond acceptors (Lipinski definition) is 4. The van der Waals surface area contributed by atoms with E-state index in [1.165, 1.54) is 11.3 Å². The Morgan fingerprint density at radius 2 is 2.25 bits per heavy atom. The molecule has 0 spiro atoms. The van der Waals surface area contributed by atoms with E-state index in [0.29, 0.717) is 9.99 Å². The topological polar surface area (TPSA) is 54.8 Å². The standard InChI is InChI=1S/C13H19N3O2S2/c17-12(11-3-1-10-20-11)15-13(19)14-4-2-5-16-6-8-18-9-7-16/h1,3,10H,2,4-9H2,(H2,14,15,17,19)/p+1. The van der Waals surface area contributed by atoms with Crippen molar-refractivity contribution in [3.63, 3.8) is 0 Å². The van der Waals surface area contributed by atoms with Crippen molar-refractivity contribution in [1.82, 2.24) is 10.6 Å². The molecule has 1 amide bonds. The van der Waals surface area contributed by atoms with E-state index in [0.717, 1.165) is 45.8 Å². The number of rotatable bonds is 5. The van der Waals surface area contributed by atoms with Gasteiger partial charge < -0.3 is 15.0 Å². The summed E-state index contributed by atoms with van der Waals surface area (Å²) >= 11 is 6.51. The van der Waals surface area contributed by atoms with Gasteiger partial charge >= 0.3 is 0 Å². The number of morpholine rings is 1. The van der Waals surface area contributed by atoms with Crippen LogP contribution in [0, 0.1) is 0 Å². The van der Waals surface area contributed by atoms with Gasteiger partial charge in [0.2, 0.25) is 0 Å². The number of quaternary nitrogens is 1. The van der Waals surface area contributed by atoms with Crippen molar-refractivity contribution in [2.24, 2.45) is 0 Å². The number of amides is 1. The average molecular weight is 314 g/mol. The number of thiophene rings is 1. The molecule has 2 rings (SSSR count). The quantitative estimate of drug-likeness (QED) is 0.514. The van der Waals surface area contributed by atoms with Crippen LogP contribution in [0.3, 0.4) is 0 Å². The molecular weight excluding hydrogens is 294 g/mol. The van der Waals surface area contributed by atoms with Gasteiger partial charge in [0, 0.05) is 13.0 Å². The molecule has 0 bridgehead atoms. The molecule has 0 atom stereocenters. The zero-order chi connectivity index (χ0) is 14.2. The smallest absolute Gasteiger partial charge is 0.267 e. The Balaban J connectivity index is 1.57. The van der Waals surface area contributed by atoms with Crippen molar-refractivity contribution in [1.29, 1.82) is 0 Å². The number of carbonyl (C=O) groups is 1. The Labute approximate surface area is 128 Å². The fourth-order valence-electron chi connectivity index (χ4n) is 2.07. The highest BCUT2D eigenvalue weighted by molar-refractivity contribution is 7.80. The first kappa shape index (κ1) is 15.4. The van der Waals surface area contributed by atoms with Crippen molar-refractivity contribution >= 4 is 34.6 Å². The van der Waals surface area contributed by atoms with Crippen molar-refractivity contribution in [3.8, 4) is 0 Å². The molecule has 20 heavy (non-hydrogen) atoms. The lowest BCUT2D eigenvalue weighted by molar-refractivity contribution is -0.908. The first-order valence-electron chi connectivity index (χ1n) is 6.79. The zero-order valence-corrected chi connectivity index (χ0v) is 12.9. The van der Waals surface area contributed by atoms with Crippen LogP contribution in [0.15, 0.2) is 17.5 Å². The maximum Gasteiger partial charge on any atom is 0.267 e. The number of hydrogen-bond donors (Lipinski definition) is 3. The van der Waals surface area contributed by atoms with Gasteiger partial charge in [0.25, 0.3) is 5.91 Å². The summed E-state index contributed by atoms with van der Waals surface area (Å²) in [7, 11) is 0. The third-order valence-electron chi connectivity index (χ3n) is 3.16. The molecule has 7 heteroatoms. The maximum absolute atomic E-state index is 11.8. The number of nitrogens with one attached hydrogen (secondary N) is 3. The summed E-state index contributed by atoms with van der Waals surface area (Å²) < 4.78 is 5.32. The van der Waals surface area contributed by atoms with Gasteiger partial charge in [-0.25, -0.2) is 0 Å². The van der Waals surface area contributed by atoms with Crippen LogP contribution in [0.1, 0.15) is 16.1 Å². The molecule has 0 radical (unpaired) electrons. The second kappa shape index (κ2) is 8.31. The van der Waals surface area contributed by atoms with E-state index in [9.17, 15) is 4.79 Å². The predicted octanol–water partition coefficient (Wildman–Crippen LogP) is -0.342. The predicted molar refractivity (Wildman–Crippen MR) is 83.4 cm³/mol. The largest absolute Gasteiger partial charge is 0.370 e. The van der Waals surface area contributed by atoms with Gasteiger partial charge in [-0.2, -0.15) is 0 Å². The molecule has 1 saturated heterocycles. The molecule has 1 aliphatic heterocycles. The number of thiocarbonyl (C=S) groups is 1. The van der Waals surface area contributed by atoms with Crippen LogP contribution >= 0.6 is 23.6 Å². The van der Waals surface area contributed by atoms with Gasteiger partial charge in [-0.05, 0) is 23.7 Å². The lowest BCUT2D eigenvalue weighted by atomic mass is 10.3. The van der Waals surface area contributed by atoms with Crippen LogP contribution in [0.25, 0.3) is 0 Å². The number of carbonyl (C=O) groups excluding carboxylic acids is 1.